The van der Waals surface area contributed by atoms with Crippen LogP contribution < -0.4 is 0 Å². The molecule has 5 nitrogen and oxygen atoms in total. The van der Waals surface area contributed by atoms with Crippen LogP contribution in [0.2, 0.25) is 0 Å². The molecule has 0 saturated heterocycles. The predicted octanol–water partition coefficient (Wildman–Crippen LogP) is 1.52. The van der Waals surface area contributed by atoms with Crippen molar-refractivity contribution in [3.8, 4) is 11.3 Å². The molecule has 0 radical (unpaired) electrons. The summed E-state index contributed by atoms with van der Waals surface area (Å²) >= 11 is 0. The Kier molecular flexibility index (Phi) is 2.59. The van der Waals surface area contributed by atoms with E-state index in [0.29, 0.717) is 0 Å². The smallest absolute Gasteiger partial charge is 0.325 e. The van der Waals surface area contributed by atoms with Crippen molar-refractivity contribution in [1.29, 1.82) is 0 Å². The van der Waals surface area contributed by atoms with Crippen LogP contribution in [0.5, 0.6) is 0 Å². The van der Waals surface area contributed by atoms with Gasteiger partial charge in [-0.1, -0.05) is 17.3 Å². The fraction of sp³-hybridized carbons (Fsp3) is 0.308. The van der Waals surface area contributed by atoms with Crippen molar-refractivity contribution in [2.45, 2.75) is 25.8 Å². The minimum atomic E-state index is -0.914. The second-order valence-corrected chi connectivity index (χ2v) is 4.51. The number of carboxylic acids is 1. The summed E-state index contributed by atoms with van der Waals surface area (Å²) in [4.78, 5) is 10.7. The highest BCUT2D eigenvalue weighted by Crippen LogP contribution is 2.27. The topological polar surface area (TPSA) is 68.0 Å². The molecule has 1 aromatic heterocycles. The highest BCUT2D eigenvalue weighted by Gasteiger charge is 2.14. The Morgan fingerprint density at radius 3 is 3.00 bits per heavy atom. The number of fused-ring (bicyclic) bond motifs is 1. The Balaban J connectivity index is 1.99. The molecule has 1 aromatic carbocycles. The fourth-order valence-electron chi connectivity index (χ4n) is 2.46. The Morgan fingerprint density at radius 1 is 1.33 bits per heavy atom. The van der Waals surface area contributed by atoms with Gasteiger partial charge in [0.1, 0.15) is 6.54 Å². The molecule has 0 spiro atoms. The Bertz CT molecular complexity index is 604. The van der Waals surface area contributed by atoms with Crippen molar-refractivity contribution >= 4 is 5.97 Å². The van der Waals surface area contributed by atoms with Gasteiger partial charge in [0.2, 0.25) is 0 Å². The Morgan fingerprint density at radius 2 is 2.17 bits per heavy atom. The zero-order valence-corrected chi connectivity index (χ0v) is 9.83. The molecule has 0 unspecified atom stereocenters. The highest BCUT2D eigenvalue weighted by atomic mass is 16.4. The molecule has 0 aliphatic heterocycles. The first-order valence-electron chi connectivity index (χ1n) is 5.96. The lowest BCUT2D eigenvalue weighted by Crippen LogP contribution is -2.11. The summed E-state index contributed by atoms with van der Waals surface area (Å²) in [5, 5.41) is 16.4. The minimum Gasteiger partial charge on any atom is -0.480 e. The molecule has 1 N–H and O–H groups in total. The molecule has 0 saturated carbocycles. The average molecular weight is 243 g/mol. The predicted molar refractivity (Wildman–Crippen MR) is 65.1 cm³/mol. The molecule has 0 atom stereocenters. The molecule has 0 fully saturated rings. The number of hydrogen-bond donors (Lipinski definition) is 1. The average Bonchev–Trinajstić information content (AvgIpc) is 2.95. The van der Waals surface area contributed by atoms with Crippen molar-refractivity contribution in [1.82, 2.24) is 15.0 Å². The van der Waals surface area contributed by atoms with Crippen molar-refractivity contribution in [3.05, 3.63) is 35.5 Å². The number of aryl methyl sites for hydroxylation is 2. The third-order valence-corrected chi connectivity index (χ3v) is 3.30. The van der Waals surface area contributed by atoms with E-state index < -0.39 is 5.97 Å². The van der Waals surface area contributed by atoms with Crippen molar-refractivity contribution in [2.75, 3.05) is 0 Å². The van der Waals surface area contributed by atoms with Gasteiger partial charge < -0.3 is 5.11 Å². The molecule has 5 heteroatoms. The van der Waals surface area contributed by atoms with E-state index in [-0.39, 0.29) is 6.54 Å². The van der Waals surface area contributed by atoms with Crippen LogP contribution in [0.1, 0.15) is 17.5 Å². The molecular formula is C13H13N3O2. The largest absolute Gasteiger partial charge is 0.480 e. The summed E-state index contributed by atoms with van der Waals surface area (Å²) < 4.78 is 1.42. The van der Waals surface area contributed by atoms with Crippen LogP contribution in [-0.2, 0) is 24.2 Å². The maximum absolute atomic E-state index is 10.7. The molecule has 1 aliphatic rings. The molecule has 1 aliphatic carbocycles. The van der Waals surface area contributed by atoms with Gasteiger partial charge in [0.25, 0.3) is 0 Å². The van der Waals surface area contributed by atoms with Gasteiger partial charge in [0, 0.05) is 5.56 Å². The number of carbonyl (C=O) groups is 1. The summed E-state index contributed by atoms with van der Waals surface area (Å²) in [6, 6.07) is 6.26. The fourth-order valence-corrected chi connectivity index (χ4v) is 2.46. The first-order chi connectivity index (χ1) is 8.74. The lowest BCUT2D eigenvalue weighted by molar-refractivity contribution is -0.137. The van der Waals surface area contributed by atoms with Gasteiger partial charge in [-0.25, -0.2) is 4.68 Å². The van der Waals surface area contributed by atoms with Gasteiger partial charge in [-0.05, 0) is 36.5 Å². The maximum Gasteiger partial charge on any atom is 0.325 e. The van der Waals surface area contributed by atoms with Crippen molar-refractivity contribution < 1.29 is 9.90 Å². The number of aromatic nitrogens is 3. The highest BCUT2D eigenvalue weighted by molar-refractivity contribution is 5.68. The van der Waals surface area contributed by atoms with Crippen LogP contribution in [0.4, 0.5) is 0 Å². The monoisotopic (exact) mass is 243 g/mol. The Hall–Kier alpha value is -2.17. The van der Waals surface area contributed by atoms with Gasteiger partial charge in [0.15, 0.2) is 0 Å². The number of nitrogens with zero attached hydrogens (tertiary/aromatic N) is 3. The quantitative estimate of drug-likeness (QED) is 0.887. The molecule has 2 aromatic rings. The van der Waals surface area contributed by atoms with Crippen molar-refractivity contribution in [3.63, 3.8) is 0 Å². The van der Waals surface area contributed by atoms with Gasteiger partial charge in [-0.2, -0.15) is 0 Å². The van der Waals surface area contributed by atoms with Crippen LogP contribution in [0, 0.1) is 0 Å². The zero-order chi connectivity index (χ0) is 12.5. The van der Waals surface area contributed by atoms with E-state index in [1.165, 1.54) is 22.2 Å². The summed E-state index contributed by atoms with van der Waals surface area (Å²) in [5.41, 5.74) is 4.50. The standard InChI is InChI=1S/C13H13N3O2/c17-13(18)8-16-12(7-14-15-16)11-5-4-9-2-1-3-10(9)6-11/h4-7H,1-3,8H2,(H,17,18). The first kappa shape index (κ1) is 11.0. The van der Waals surface area contributed by atoms with Crippen LogP contribution >= 0.6 is 0 Å². The molecule has 1 heterocycles. The van der Waals surface area contributed by atoms with E-state index in [2.05, 4.69) is 22.4 Å². The van der Waals surface area contributed by atoms with Gasteiger partial charge >= 0.3 is 5.97 Å². The van der Waals surface area contributed by atoms with E-state index in [9.17, 15) is 4.79 Å². The Labute approximate surface area is 104 Å². The third-order valence-electron chi connectivity index (χ3n) is 3.30. The summed E-state index contributed by atoms with van der Waals surface area (Å²) in [5.74, 6) is -0.914. The zero-order valence-electron chi connectivity index (χ0n) is 9.83. The van der Waals surface area contributed by atoms with Crippen LogP contribution in [0.15, 0.2) is 24.4 Å². The van der Waals surface area contributed by atoms with Crippen LogP contribution in [-0.4, -0.2) is 26.1 Å². The van der Waals surface area contributed by atoms with Crippen LogP contribution in [0.3, 0.4) is 0 Å². The number of aliphatic carboxylic acids is 1. The van der Waals surface area contributed by atoms with E-state index >= 15 is 0 Å². The van der Waals surface area contributed by atoms with Gasteiger partial charge in [-0.3, -0.25) is 4.79 Å². The molecular weight excluding hydrogens is 230 g/mol. The minimum absolute atomic E-state index is 0.160. The molecule has 18 heavy (non-hydrogen) atoms. The summed E-state index contributed by atoms with van der Waals surface area (Å²) in [7, 11) is 0. The molecule has 0 amide bonds. The van der Waals surface area contributed by atoms with Crippen molar-refractivity contribution in [2.24, 2.45) is 0 Å². The normalized spacial score (nSPS) is 13.6. The summed E-state index contributed by atoms with van der Waals surface area (Å²) in [6.07, 6.45) is 5.05. The first-order valence-corrected chi connectivity index (χ1v) is 5.96. The number of benzene rings is 1. The number of hydrogen-bond acceptors (Lipinski definition) is 3. The van der Waals surface area contributed by atoms with Gasteiger partial charge in [0.05, 0.1) is 11.9 Å². The van der Waals surface area contributed by atoms with E-state index in [1.54, 1.807) is 6.20 Å². The number of rotatable bonds is 3. The van der Waals surface area contributed by atoms with E-state index in [0.717, 1.165) is 24.1 Å². The van der Waals surface area contributed by atoms with E-state index in [4.69, 9.17) is 5.11 Å². The summed E-state index contributed by atoms with van der Waals surface area (Å²) in [6.45, 7) is -0.160. The lowest BCUT2D eigenvalue weighted by Gasteiger charge is -2.06. The lowest BCUT2D eigenvalue weighted by atomic mass is 10.0. The molecule has 3 rings (SSSR count). The third kappa shape index (κ3) is 1.88. The maximum atomic E-state index is 10.7. The number of carboxylic acid groups (broad SMARTS) is 1. The molecule has 0 bridgehead atoms. The van der Waals surface area contributed by atoms with Gasteiger partial charge in [-0.15, -0.1) is 5.10 Å². The molecule has 92 valence electrons. The SMILES string of the molecule is O=C(O)Cn1nncc1-c1ccc2c(c1)CCC2. The second kappa shape index (κ2) is 4.25. The van der Waals surface area contributed by atoms with E-state index in [1.807, 2.05) is 6.07 Å². The van der Waals surface area contributed by atoms with Crippen LogP contribution in [0.25, 0.3) is 11.3 Å². The second-order valence-electron chi connectivity index (χ2n) is 4.51.